The van der Waals surface area contributed by atoms with Crippen molar-refractivity contribution in [1.82, 2.24) is 10.2 Å². The average molecular weight is 541 g/mol. The van der Waals surface area contributed by atoms with Crippen LogP contribution in [-0.4, -0.2) is 47.0 Å². The van der Waals surface area contributed by atoms with E-state index in [1.54, 1.807) is 13.2 Å². The minimum atomic E-state index is -1.67. The SMILES string of the molecule is CCCCC=CCCN1C(=O)C2C(c3ccccc3OC)NC(Cc3ccc4ccccc4c3)(C(=O)O)C2C1=O. The Morgan fingerprint density at radius 3 is 2.48 bits per heavy atom. The quantitative estimate of drug-likeness (QED) is 0.195. The van der Waals surface area contributed by atoms with E-state index in [9.17, 15) is 19.5 Å². The molecule has 0 aliphatic carbocycles. The molecule has 0 radical (unpaired) electrons. The third-order valence-corrected chi connectivity index (χ3v) is 8.31. The first-order chi connectivity index (χ1) is 19.4. The molecular weight excluding hydrogens is 504 g/mol. The van der Waals surface area contributed by atoms with Gasteiger partial charge in [0, 0.05) is 24.6 Å². The van der Waals surface area contributed by atoms with Crippen LogP contribution in [0.5, 0.6) is 5.75 Å². The molecule has 4 unspecified atom stereocenters. The lowest BCUT2D eigenvalue weighted by molar-refractivity contribution is -0.151. The smallest absolute Gasteiger partial charge is 0.325 e. The number of likely N-dealkylation sites (tertiary alicyclic amines) is 1. The van der Waals surface area contributed by atoms with E-state index in [0.717, 1.165) is 35.6 Å². The number of ether oxygens (including phenoxy) is 1. The maximum Gasteiger partial charge on any atom is 0.325 e. The molecule has 4 atom stereocenters. The van der Waals surface area contributed by atoms with Crippen molar-refractivity contribution in [3.05, 3.63) is 90.0 Å². The van der Waals surface area contributed by atoms with Gasteiger partial charge in [-0.05, 0) is 35.2 Å². The van der Waals surface area contributed by atoms with E-state index in [0.29, 0.717) is 17.7 Å². The van der Waals surface area contributed by atoms with Gasteiger partial charge in [-0.15, -0.1) is 0 Å². The molecule has 0 aromatic heterocycles. The van der Waals surface area contributed by atoms with Crippen molar-refractivity contribution >= 4 is 28.6 Å². The van der Waals surface area contributed by atoms with E-state index in [1.807, 2.05) is 66.7 Å². The Hall–Kier alpha value is -3.97. The van der Waals surface area contributed by atoms with Crippen LogP contribution in [0.1, 0.15) is 49.8 Å². The van der Waals surface area contributed by atoms with Gasteiger partial charge in [0.1, 0.15) is 11.3 Å². The Kier molecular flexibility index (Phi) is 8.03. The average Bonchev–Trinajstić information content (AvgIpc) is 3.44. The van der Waals surface area contributed by atoms with Crippen molar-refractivity contribution < 1.29 is 24.2 Å². The molecule has 2 aliphatic heterocycles. The third kappa shape index (κ3) is 4.90. The number of aliphatic carboxylic acids is 1. The number of fused-ring (bicyclic) bond motifs is 2. The van der Waals surface area contributed by atoms with Crippen LogP contribution in [0.3, 0.4) is 0 Å². The minimum absolute atomic E-state index is 0.0593. The number of benzene rings is 3. The van der Waals surface area contributed by atoms with Crippen molar-refractivity contribution in [3.63, 3.8) is 0 Å². The fourth-order valence-corrected chi connectivity index (χ4v) is 6.34. The number of para-hydroxylation sites is 1. The number of rotatable bonds is 11. The lowest BCUT2D eigenvalue weighted by Crippen LogP contribution is -2.57. The second kappa shape index (κ2) is 11.6. The first kappa shape index (κ1) is 27.6. The summed E-state index contributed by atoms with van der Waals surface area (Å²) in [6.45, 7) is 2.37. The van der Waals surface area contributed by atoms with Gasteiger partial charge < -0.3 is 9.84 Å². The molecule has 2 N–H and O–H groups in total. The van der Waals surface area contributed by atoms with Crippen molar-refractivity contribution in [2.24, 2.45) is 11.8 Å². The lowest BCUT2D eigenvalue weighted by atomic mass is 9.76. The molecule has 2 aliphatic rings. The monoisotopic (exact) mass is 540 g/mol. The van der Waals surface area contributed by atoms with Crippen LogP contribution in [0.2, 0.25) is 0 Å². The number of carboxylic acids is 1. The first-order valence-electron chi connectivity index (χ1n) is 14.0. The van der Waals surface area contributed by atoms with Crippen LogP contribution in [0.25, 0.3) is 10.8 Å². The fourth-order valence-electron chi connectivity index (χ4n) is 6.34. The summed E-state index contributed by atoms with van der Waals surface area (Å²) in [6.07, 6.45) is 7.82. The zero-order chi connectivity index (χ0) is 28.3. The maximum absolute atomic E-state index is 14.0. The highest BCUT2D eigenvalue weighted by Gasteiger charge is 2.68. The van der Waals surface area contributed by atoms with Crippen molar-refractivity contribution in [2.45, 2.75) is 50.6 Å². The number of imide groups is 1. The predicted octanol–water partition coefficient (Wildman–Crippen LogP) is 5.30. The topological polar surface area (TPSA) is 95.9 Å². The molecule has 40 heavy (non-hydrogen) atoms. The van der Waals surface area contributed by atoms with Gasteiger partial charge in [-0.25, -0.2) is 0 Å². The zero-order valence-electron chi connectivity index (χ0n) is 23.0. The van der Waals surface area contributed by atoms with E-state index in [-0.39, 0.29) is 18.9 Å². The Balaban J connectivity index is 1.54. The van der Waals surface area contributed by atoms with E-state index < -0.39 is 35.3 Å². The molecule has 0 bridgehead atoms. The van der Waals surface area contributed by atoms with E-state index in [2.05, 4.69) is 18.3 Å². The van der Waals surface area contributed by atoms with Crippen LogP contribution in [0, 0.1) is 11.8 Å². The second-order valence-electron chi connectivity index (χ2n) is 10.7. The molecule has 5 rings (SSSR count). The van der Waals surface area contributed by atoms with Gasteiger partial charge in [0.05, 0.1) is 18.9 Å². The molecule has 3 aromatic rings. The number of allylic oxidation sites excluding steroid dienone is 1. The van der Waals surface area contributed by atoms with Gasteiger partial charge in [-0.3, -0.25) is 24.6 Å². The molecule has 7 heteroatoms. The third-order valence-electron chi connectivity index (χ3n) is 8.31. The van der Waals surface area contributed by atoms with Gasteiger partial charge in [0.2, 0.25) is 11.8 Å². The number of nitrogens with zero attached hydrogens (tertiary/aromatic N) is 1. The van der Waals surface area contributed by atoms with Crippen molar-refractivity contribution in [3.8, 4) is 5.75 Å². The van der Waals surface area contributed by atoms with Gasteiger partial charge in [-0.2, -0.15) is 0 Å². The summed E-state index contributed by atoms with van der Waals surface area (Å²) in [5.74, 6) is -3.27. The highest BCUT2D eigenvalue weighted by Crippen LogP contribution is 2.51. The molecule has 7 nitrogen and oxygen atoms in total. The number of carboxylic acid groups (broad SMARTS) is 1. The van der Waals surface area contributed by atoms with Crippen LogP contribution in [0.4, 0.5) is 0 Å². The molecule has 2 saturated heterocycles. The largest absolute Gasteiger partial charge is 0.496 e. The standard InChI is InChI=1S/C33H36N2O5/c1-3-4-5-6-7-12-19-35-30(36)27-28(31(35)37)33(32(38)39,34-29(27)25-15-10-11-16-26(25)40-2)21-22-17-18-23-13-8-9-14-24(23)20-22/h6-11,13-18,20,27-29,34H,3-5,12,19,21H2,1-2H3,(H,38,39). The summed E-state index contributed by atoms with van der Waals surface area (Å²) < 4.78 is 5.60. The first-order valence-corrected chi connectivity index (χ1v) is 14.0. The van der Waals surface area contributed by atoms with Gasteiger partial charge in [-0.1, -0.05) is 92.6 Å². The summed E-state index contributed by atoms with van der Waals surface area (Å²) in [6, 6.07) is 20.3. The molecular formula is C33H36N2O5. The van der Waals surface area contributed by atoms with Crippen molar-refractivity contribution in [2.75, 3.05) is 13.7 Å². The molecule has 2 heterocycles. The zero-order valence-corrected chi connectivity index (χ0v) is 23.0. The molecule has 3 aromatic carbocycles. The van der Waals surface area contributed by atoms with Crippen LogP contribution < -0.4 is 10.1 Å². The number of carbonyl (C=O) groups is 3. The van der Waals surface area contributed by atoms with Crippen LogP contribution >= 0.6 is 0 Å². The minimum Gasteiger partial charge on any atom is -0.496 e. The van der Waals surface area contributed by atoms with Gasteiger partial charge >= 0.3 is 5.97 Å². The number of methoxy groups -OCH3 is 1. The molecule has 2 amide bonds. The highest BCUT2D eigenvalue weighted by molar-refractivity contribution is 6.09. The van der Waals surface area contributed by atoms with E-state index in [4.69, 9.17) is 4.74 Å². The number of amides is 2. The highest BCUT2D eigenvalue weighted by atomic mass is 16.5. The molecule has 0 saturated carbocycles. The summed E-state index contributed by atoms with van der Waals surface area (Å²) >= 11 is 0. The second-order valence-corrected chi connectivity index (χ2v) is 10.7. The Bertz CT molecular complexity index is 1450. The van der Waals surface area contributed by atoms with Crippen LogP contribution in [-0.2, 0) is 20.8 Å². The lowest BCUT2D eigenvalue weighted by Gasteiger charge is -2.31. The summed E-state index contributed by atoms with van der Waals surface area (Å²) in [5, 5.41) is 16.1. The van der Waals surface area contributed by atoms with Crippen molar-refractivity contribution in [1.29, 1.82) is 0 Å². The predicted molar refractivity (Wildman–Crippen MR) is 154 cm³/mol. The molecule has 0 spiro atoms. The molecule has 2 fully saturated rings. The number of nitrogens with one attached hydrogen (secondary N) is 1. The number of hydrogen-bond donors (Lipinski definition) is 2. The Morgan fingerprint density at radius 2 is 1.73 bits per heavy atom. The Labute approximate surface area is 234 Å². The van der Waals surface area contributed by atoms with E-state index in [1.165, 1.54) is 4.90 Å². The number of carbonyl (C=O) groups excluding carboxylic acids is 2. The van der Waals surface area contributed by atoms with Gasteiger partial charge in [0.25, 0.3) is 0 Å². The summed E-state index contributed by atoms with van der Waals surface area (Å²) in [4.78, 5) is 42.3. The van der Waals surface area contributed by atoms with E-state index >= 15 is 0 Å². The summed E-state index contributed by atoms with van der Waals surface area (Å²) in [7, 11) is 1.55. The molecule has 208 valence electrons. The number of hydrogen-bond acceptors (Lipinski definition) is 5. The number of unbranched alkanes of at least 4 members (excludes halogenated alkanes) is 2. The van der Waals surface area contributed by atoms with Crippen LogP contribution in [0.15, 0.2) is 78.9 Å². The maximum atomic E-state index is 14.0. The van der Waals surface area contributed by atoms with Gasteiger partial charge in [0.15, 0.2) is 0 Å². The summed E-state index contributed by atoms with van der Waals surface area (Å²) in [5.41, 5.74) is -0.216. The Morgan fingerprint density at radius 1 is 1.00 bits per heavy atom. The fraction of sp³-hybridized carbons (Fsp3) is 0.364. The normalized spacial score (nSPS) is 24.2.